The Kier molecular flexibility index (Phi) is 4.49. The first kappa shape index (κ1) is 16.0. The molecule has 3 aromatic carbocycles. The van der Waals surface area contributed by atoms with Crippen LogP contribution in [-0.2, 0) is 4.79 Å². The molecule has 0 aromatic heterocycles. The Balaban J connectivity index is 1.93. The molecule has 2 amide bonds. The summed E-state index contributed by atoms with van der Waals surface area (Å²) in [5.41, 5.74) is 1.58. The maximum Gasteiger partial charge on any atom is 0.256 e. The molecule has 0 saturated carbocycles. The van der Waals surface area contributed by atoms with Crippen LogP contribution in [-0.4, -0.2) is 11.8 Å². The summed E-state index contributed by atoms with van der Waals surface area (Å²) in [6, 6.07) is 18.2. The molecular weight excluding hydrogens is 324 g/mol. The van der Waals surface area contributed by atoms with E-state index in [1.807, 2.05) is 36.4 Å². The predicted molar refractivity (Wildman–Crippen MR) is 97.7 cm³/mol. The summed E-state index contributed by atoms with van der Waals surface area (Å²) in [5.74, 6) is -0.447. The number of carbonyl (C=O) groups excluding carboxylic acids is 2. The molecule has 0 spiro atoms. The van der Waals surface area contributed by atoms with Crippen LogP contribution in [0.5, 0.6) is 0 Å². The van der Waals surface area contributed by atoms with Crippen LogP contribution in [0.3, 0.4) is 0 Å². The van der Waals surface area contributed by atoms with Crippen molar-refractivity contribution in [3.63, 3.8) is 0 Å². The topological polar surface area (TPSA) is 58.2 Å². The summed E-state index contributed by atoms with van der Waals surface area (Å²) in [6.07, 6.45) is 0. The van der Waals surface area contributed by atoms with Gasteiger partial charge in [0.2, 0.25) is 5.91 Å². The first-order valence-corrected chi connectivity index (χ1v) is 7.78. The van der Waals surface area contributed by atoms with Gasteiger partial charge in [0.25, 0.3) is 5.91 Å². The van der Waals surface area contributed by atoms with E-state index in [1.54, 1.807) is 24.3 Å². The smallest absolute Gasteiger partial charge is 0.256 e. The molecule has 3 aromatic rings. The molecular formula is C19H15ClN2O2. The molecule has 0 radical (unpaired) electrons. The molecule has 0 atom stereocenters. The van der Waals surface area contributed by atoms with E-state index >= 15 is 0 Å². The van der Waals surface area contributed by atoms with Crippen LogP contribution in [0, 0.1) is 0 Å². The van der Waals surface area contributed by atoms with Crippen molar-refractivity contribution >= 4 is 45.6 Å². The van der Waals surface area contributed by atoms with Crippen molar-refractivity contribution in [2.24, 2.45) is 0 Å². The lowest BCUT2D eigenvalue weighted by molar-refractivity contribution is -0.114. The summed E-state index contributed by atoms with van der Waals surface area (Å²) in [6.45, 7) is 1.42. The quantitative estimate of drug-likeness (QED) is 0.727. The van der Waals surface area contributed by atoms with E-state index in [0.29, 0.717) is 22.0 Å². The van der Waals surface area contributed by atoms with Crippen molar-refractivity contribution < 1.29 is 9.59 Å². The highest BCUT2D eigenvalue weighted by molar-refractivity contribution is 6.34. The average molecular weight is 339 g/mol. The summed E-state index contributed by atoms with van der Waals surface area (Å²) in [7, 11) is 0. The predicted octanol–water partition coefficient (Wildman–Crippen LogP) is 4.70. The zero-order valence-corrected chi connectivity index (χ0v) is 13.7. The number of rotatable bonds is 3. The van der Waals surface area contributed by atoms with E-state index in [4.69, 9.17) is 11.6 Å². The fourth-order valence-corrected chi connectivity index (χ4v) is 2.68. The van der Waals surface area contributed by atoms with Gasteiger partial charge >= 0.3 is 0 Å². The molecule has 0 fully saturated rings. The number of hydrogen-bond acceptors (Lipinski definition) is 2. The normalized spacial score (nSPS) is 10.4. The Morgan fingerprint density at radius 3 is 2.46 bits per heavy atom. The zero-order chi connectivity index (χ0) is 17.1. The van der Waals surface area contributed by atoms with Crippen LogP contribution in [0.1, 0.15) is 17.3 Å². The van der Waals surface area contributed by atoms with Gasteiger partial charge in [-0.1, -0.05) is 48.0 Å². The fraction of sp³-hybridized carbons (Fsp3) is 0.0526. The van der Waals surface area contributed by atoms with E-state index < -0.39 is 0 Å². The van der Waals surface area contributed by atoms with Crippen molar-refractivity contribution in [2.45, 2.75) is 6.92 Å². The lowest BCUT2D eigenvalue weighted by Gasteiger charge is -2.11. The fourth-order valence-electron chi connectivity index (χ4n) is 2.52. The standard InChI is InChI=1S/C19H15ClN2O2/c1-12(23)21-14-9-10-17(20)18(11-14)22-19(24)16-8-4-6-13-5-2-3-7-15(13)16/h2-11H,1H3,(H,21,23)(H,22,24). The van der Waals surface area contributed by atoms with Gasteiger partial charge in [-0.05, 0) is 35.0 Å². The highest BCUT2D eigenvalue weighted by Crippen LogP contribution is 2.27. The molecule has 120 valence electrons. The third-order valence-corrected chi connectivity index (χ3v) is 3.90. The van der Waals surface area contributed by atoms with Gasteiger partial charge in [0.1, 0.15) is 0 Å². The van der Waals surface area contributed by atoms with Crippen LogP contribution in [0.25, 0.3) is 10.8 Å². The molecule has 2 N–H and O–H groups in total. The minimum absolute atomic E-state index is 0.191. The summed E-state index contributed by atoms with van der Waals surface area (Å²) >= 11 is 6.16. The van der Waals surface area contributed by atoms with Gasteiger partial charge in [0, 0.05) is 18.2 Å². The molecule has 0 aliphatic heterocycles. The van der Waals surface area contributed by atoms with Gasteiger partial charge in [-0.15, -0.1) is 0 Å². The maximum absolute atomic E-state index is 12.7. The first-order valence-electron chi connectivity index (χ1n) is 7.41. The van der Waals surface area contributed by atoms with Gasteiger partial charge in [0.05, 0.1) is 10.7 Å². The molecule has 0 aliphatic carbocycles. The SMILES string of the molecule is CC(=O)Nc1ccc(Cl)c(NC(=O)c2cccc3ccccc23)c1. The highest BCUT2D eigenvalue weighted by atomic mass is 35.5. The van der Waals surface area contributed by atoms with E-state index in [2.05, 4.69) is 10.6 Å². The Bertz CT molecular complexity index is 932. The third-order valence-electron chi connectivity index (χ3n) is 3.57. The van der Waals surface area contributed by atoms with Gasteiger partial charge in [0.15, 0.2) is 0 Å². The minimum atomic E-state index is -0.256. The van der Waals surface area contributed by atoms with Crippen molar-refractivity contribution in [1.82, 2.24) is 0 Å². The zero-order valence-electron chi connectivity index (χ0n) is 13.0. The number of amides is 2. The molecule has 0 saturated heterocycles. The van der Waals surface area contributed by atoms with E-state index in [9.17, 15) is 9.59 Å². The van der Waals surface area contributed by atoms with Crippen LogP contribution < -0.4 is 10.6 Å². The summed E-state index contributed by atoms with van der Waals surface area (Å²) in [4.78, 5) is 23.8. The number of benzene rings is 3. The number of fused-ring (bicyclic) bond motifs is 1. The second kappa shape index (κ2) is 6.72. The Morgan fingerprint density at radius 2 is 1.67 bits per heavy atom. The average Bonchev–Trinajstić information content (AvgIpc) is 2.57. The maximum atomic E-state index is 12.7. The minimum Gasteiger partial charge on any atom is -0.326 e. The van der Waals surface area contributed by atoms with Gasteiger partial charge < -0.3 is 10.6 Å². The number of nitrogens with one attached hydrogen (secondary N) is 2. The Hall–Kier alpha value is -2.85. The lowest BCUT2D eigenvalue weighted by Crippen LogP contribution is -2.13. The lowest BCUT2D eigenvalue weighted by atomic mass is 10.0. The summed E-state index contributed by atoms with van der Waals surface area (Å²) in [5, 5.41) is 7.73. The van der Waals surface area contributed by atoms with E-state index in [1.165, 1.54) is 6.92 Å². The van der Waals surface area contributed by atoms with Crippen LogP contribution in [0.2, 0.25) is 5.02 Å². The molecule has 24 heavy (non-hydrogen) atoms. The van der Waals surface area contributed by atoms with Gasteiger partial charge in [-0.3, -0.25) is 9.59 Å². The van der Waals surface area contributed by atoms with Crippen molar-refractivity contribution in [2.75, 3.05) is 10.6 Å². The molecule has 4 nitrogen and oxygen atoms in total. The molecule has 0 bridgehead atoms. The molecule has 0 heterocycles. The number of anilines is 2. The first-order chi connectivity index (χ1) is 11.5. The number of hydrogen-bond donors (Lipinski definition) is 2. The van der Waals surface area contributed by atoms with E-state index in [0.717, 1.165) is 10.8 Å². The van der Waals surface area contributed by atoms with Crippen molar-refractivity contribution in [3.8, 4) is 0 Å². The second-order valence-corrected chi connectivity index (χ2v) is 5.76. The largest absolute Gasteiger partial charge is 0.326 e. The van der Waals surface area contributed by atoms with Gasteiger partial charge in [-0.2, -0.15) is 0 Å². The molecule has 0 aliphatic rings. The Morgan fingerprint density at radius 1 is 0.917 bits per heavy atom. The number of carbonyl (C=O) groups is 2. The Labute approximate surface area is 144 Å². The van der Waals surface area contributed by atoms with Crippen molar-refractivity contribution in [3.05, 3.63) is 71.2 Å². The second-order valence-electron chi connectivity index (χ2n) is 5.36. The molecule has 5 heteroatoms. The van der Waals surface area contributed by atoms with Crippen LogP contribution >= 0.6 is 11.6 Å². The van der Waals surface area contributed by atoms with Gasteiger partial charge in [-0.25, -0.2) is 0 Å². The third kappa shape index (κ3) is 3.39. The van der Waals surface area contributed by atoms with Crippen LogP contribution in [0.4, 0.5) is 11.4 Å². The monoisotopic (exact) mass is 338 g/mol. The highest BCUT2D eigenvalue weighted by Gasteiger charge is 2.12. The summed E-state index contributed by atoms with van der Waals surface area (Å²) < 4.78 is 0. The molecule has 0 unspecified atom stereocenters. The van der Waals surface area contributed by atoms with E-state index in [-0.39, 0.29) is 11.8 Å². The van der Waals surface area contributed by atoms with Crippen LogP contribution in [0.15, 0.2) is 60.7 Å². The van der Waals surface area contributed by atoms with Crippen molar-refractivity contribution in [1.29, 1.82) is 0 Å². The number of halogens is 1. The molecule has 3 rings (SSSR count).